The van der Waals surface area contributed by atoms with E-state index in [2.05, 4.69) is 15.9 Å². The molecule has 58 valence electrons. The number of hydrogen-bond acceptors (Lipinski definition) is 0. The van der Waals surface area contributed by atoms with Crippen LogP contribution in [0.2, 0.25) is 0 Å². The van der Waals surface area contributed by atoms with Crippen molar-refractivity contribution in [1.29, 1.82) is 0 Å². The number of alkyl halides is 1. The molecule has 0 spiro atoms. The quantitative estimate of drug-likeness (QED) is 0.583. The smallest absolute Gasteiger partial charge is 0.123 e. The fourth-order valence-corrected chi connectivity index (χ4v) is 2.18. The molecule has 0 nitrogen and oxygen atoms in total. The zero-order valence-corrected chi connectivity index (χ0v) is 7.57. The van der Waals surface area contributed by atoms with Gasteiger partial charge in [-0.3, -0.25) is 0 Å². The fourth-order valence-electron chi connectivity index (χ4n) is 1.52. The van der Waals surface area contributed by atoms with Crippen LogP contribution in [0.5, 0.6) is 0 Å². The molecule has 0 aliphatic heterocycles. The summed E-state index contributed by atoms with van der Waals surface area (Å²) >= 11 is 3.50. The minimum atomic E-state index is -0.130. The Hall–Kier alpha value is -0.370. The Morgan fingerprint density at radius 1 is 1.45 bits per heavy atom. The van der Waals surface area contributed by atoms with Gasteiger partial charge in [-0.1, -0.05) is 22.0 Å². The lowest BCUT2D eigenvalue weighted by molar-refractivity contribution is 0.626. The van der Waals surface area contributed by atoms with Crippen molar-refractivity contribution in [2.75, 3.05) is 0 Å². The second-order valence-corrected chi connectivity index (χ2v) is 3.95. The molecule has 0 unspecified atom stereocenters. The fraction of sp³-hybridized carbons (Fsp3) is 0.333. The predicted molar refractivity (Wildman–Crippen MR) is 46.4 cm³/mol. The third kappa shape index (κ3) is 1.20. The maximum Gasteiger partial charge on any atom is 0.123 e. The van der Waals surface area contributed by atoms with Crippen LogP contribution in [0.15, 0.2) is 18.2 Å². The lowest BCUT2D eigenvalue weighted by atomic mass is 10.1. The summed E-state index contributed by atoms with van der Waals surface area (Å²) in [6.45, 7) is 0. The van der Waals surface area contributed by atoms with E-state index in [0.29, 0.717) is 4.83 Å². The lowest BCUT2D eigenvalue weighted by Crippen LogP contribution is -1.84. The molecule has 2 rings (SSSR count). The number of fused-ring (bicyclic) bond motifs is 1. The van der Waals surface area contributed by atoms with Gasteiger partial charge >= 0.3 is 0 Å². The summed E-state index contributed by atoms with van der Waals surface area (Å²) in [4.78, 5) is 0.369. The van der Waals surface area contributed by atoms with Crippen LogP contribution in [0.1, 0.15) is 22.4 Å². The van der Waals surface area contributed by atoms with Crippen molar-refractivity contribution in [1.82, 2.24) is 0 Å². The summed E-state index contributed by atoms with van der Waals surface area (Å²) in [6.07, 6.45) is 2.17. The highest BCUT2D eigenvalue weighted by Crippen LogP contribution is 2.37. The Morgan fingerprint density at radius 3 is 3.09 bits per heavy atom. The molecule has 1 aromatic carbocycles. The monoisotopic (exact) mass is 214 g/mol. The molecule has 0 radical (unpaired) electrons. The summed E-state index contributed by atoms with van der Waals surface area (Å²) in [5.41, 5.74) is 2.42. The summed E-state index contributed by atoms with van der Waals surface area (Å²) in [5.74, 6) is -0.130. The second-order valence-electron chi connectivity index (χ2n) is 2.85. The minimum absolute atomic E-state index is 0.130. The van der Waals surface area contributed by atoms with Crippen LogP contribution in [0, 0.1) is 5.82 Å². The molecular weight excluding hydrogens is 207 g/mol. The maximum atomic E-state index is 12.7. The molecule has 1 atom stereocenters. The number of hydrogen-bond donors (Lipinski definition) is 0. The Bertz CT molecular complexity index is 283. The minimum Gasteiger partial charge on any atom is -0.207 e. The Labute approximate surface area is 73.6 Å². The van der Waals surface area contributed by atoms with Gasteiger partial charge in [-0.15, -0.1) is 0 Å². The molecule has 1 aliphatic rings. The molecule has 1 aromatic rings. The zero-order chi connectivity index (χ0) is 7.84. The molecule has 0 saturated carbocycles. The summed E-state index contributed by atoms with van der Waals surface area (Å²) in [6, 6.07) is 5.04. The molecule has 0 aromatic heterocycles. The highest BCUT2D eigenvalue weighted by Gasteiger charge is 2.19. The highest BCUT2D eigenvalue weighted by molar-refractivity contribution is 9.09. The van der Waals surface area contributed by atoms with E-state index in [4.69, 9.17) is 0 Å². The lowest BCUT2D eigenvalue weighted by Gasteiger charge is -2.01. The van der Waals surface area contributed by atoms with Gasteiger partial charge in [0.25, 0.3) is 0 Å². The maximum absolute atomic E-state index is 12.7. The molecule has 0 bridgehead atoms. The zero-order valence-electron chi connectivity index (χ0n) is 5.98. The van der Waals surface area contributed by atoms with E-state index in [0.717, 1.165) is 18.4 Å². The second kappa shape index (κ2) is 2.59. The van der Waals surface area contributed by atoms with Crippen molar-refractivity contribution in [2.45, 2.75) is 17.7 Å². The molecule has 2 heteroatoms. The number of aryl methyl sites for hydroxylation is 1. The predicted octanol–water partition coefficient (Wildman–Crippen LogP) is 3.21. The standard InChI is InChI=1S/C9H8BrF/c10-9-4-2-6-1-3-7(11)5-8(6)9/h1,3,5,9H,2,4H2/t9-/m0/s1. The third-order valence-electron chi connectivity index (χ3n) is 2.11. The van der Waals surface area contributed by atoms with Gasteiger partial charge < -0.3 is 0 Å². The highest BCUT2D eigenvalue weighted by atomic mass is 79.9. The average Bonchev–Trinajstić information content (AvgIpc) is 2.33. The van der Waals surface area contributed by atoms with E-state index in [1.54, 1.807) is 6.07 Å². The van der Waals surface area contributed by atoms with Gasteiger partial charge in [0.2, 0.25) is 0 Å². The van der Waals surface area contributed by atoms with Crippen LogP contribution >= 0.6 is 15.9 Å². The first-order chi connectivity index (χ1) is 5.27. The van der Waals surface area contributed by atoms with Gasteiger partial charge in [0.15, 0.2) is 0 Å². The van der Waals surface area contributed by atoms with Gasteiger partial charge in [0.05, 0.1) is 0 Å². The average molecular weight is 215 g/mol. The third-order valence-corrected chi connectivity index (χ3v) is 3.06. The van der Waals surface area contributed by atoms with Crippen molar-refractivity contribution < 1.29 is 4.39 Å². The Balaban J connectivity index is 2.52. The van der Waals surface area contributed by atoms with Gasteiger partial charge in [0, 0.05) is 4.83 Å². The molecule has 11 heavy (non-hydrogen) atoms. The van der Waals surface area contributed by atoms with Crippen LogP contribution in [0.3, 0.4) is 0 Å². The van der Waals surface area contributed by atoms with E-state index in [9.17, 15) is 4.39 Å². The molecule has 0 fully saturated rings. The van der Waals surface area contributed by atoms with Crippen molar-refractivity contribution in [3.8, 4) is 0 Å². The first kappa shape index (κ1) is 7.29. The van der Waals surface area contributed by atoms with E-state index in [1.807, 2.05) is 6.07 Å². The summed E-state index contributed by atoms with van der Waals surface area (Å²) < 4.78 is 12.7. The van der Waals surface area contributed by atoms with Gasteiger partial charge in [-0.25, -0.2) is 4.39 Å². The summed E-state index contributed by atoms with van der Waals surface area (Å²) in [7, 11) is 0. The van der Waals surface area contributed by atoms with Crippen LogP contribution < -0.4 is 0 Å². The summed E-state index contributed by atoms with van der Waals surface area (Å²) in [5, 5.41) is 0. The van der Waals surface area contributed by atoms with Gasteiger partial charge in [0.1, 0.15) is 5.82 Å². The number of benzene rings is 1. The number of rotatable bonds is 0. The Morgan fingerprint density at radius 2 is 2.27 bits per heavy atom. The van der Waals surface area contributed by atoms with Crippen LogP contribution in [-0.4, -0.2) is 0 Å². The van der Waals surface area contributed by atoms with E-state index >= 15 is 0 Å². The number of halogens is 2. The van der Waals surface area contributed by atoms with Crippen LogP contribution in [-0.2, 0) is 6.42 Å². The van der Waals surface area contributed by atoms with Crippen molar-refractivity contribution >= 4 is 15.9 Å². The normalized spacial score (nSPS) is 21.8. The van der Waals surface area contributed by atoms with Crippen molar-refractivity contribution in [3.63, 3.8) is 0 Å². The first-order valence-electron chi connectivity index (χ1n) is 3.70. The SMILES string of the molecule is Fc1ccc2c(c1)[C@@H](Br)CC2. The van der Waals surface area contributed by atoms with E-state index in [-0.39, 0.29) is 5.82 Å². The van der Waals surface area contributed by atoms with Gasteiger partial charge in [-0.2, -0.15) is 0 Å². The molecule has 0 heterocycles. The van der Waals surface area contributed by atoms with Crippen molar-refractivity contribution in [2.24, 2.45) is 0 Å². The molecule has 0 amide bonds. The van der Waals surface area contributed by atoms with Gasteiger partial charge in [-0.05, 0) is 36.1 Å². The van der Waals surface area contributed by atoms with Crippen LogP contribution in [0.25, 0.3) is 0 Å². The van der Waals surface area contributed by atoms with Crippen molar-refractivity contribution in [3.05, 3.63) is 35.1 Å². The van der Waals surface area contributed by atoms with E-state index in [1.165, 1.54) is 11.6 Å². The largest absolute Gasteiger partial charge is 0.207 e. The van der Waals surface area contributed by atoms with Crippen LogP contribution in [0.4, 0.5) is 4.39 Å². The topological polar surface area (TPSA) is 0 Å². The first-order valence-corrected chi connectivity index (χ1v) is 4.61. The molecule has 0 saturated heterocycles. The molecule has 1 aliphatic carbocycles. The molecular formula is C9H8BrF. The van der Waals surface area contributed by atoms with E-state index < -0.39 is 0 Å². The Kier molecular flexibility index (Phi) is 1.72. The molecule has 0 N–H and O–H groups in total.